The molecule has 0 aromatic rings. The van der Waals surface area contributed by atoms with Crippen LogP contribution in [0.25, 0.3) is 0 Å². The molecule has 0 aliphatic heterocycles. The Morgan fingerprint density at radius 1 is 1.33 bits per heavy atom. The fourth-order valence-corrected chi connectivity index (χ4v) is 2.13. The lowest BCUT2D eigenvalue weighted by atomic mass is 9.65. The van der Waals surface area contributed by atoms with Crippen molar-refractivity contribution in [2.75, 3.05) is 13.1 Å². The molecule has 1 nitrogen and oxygen atoms in total. The molecule has 0 N–H and O–H groups in total. The van der Waals surface area contributed by atoms with E-state index in [1.165, 1.54) is 38.6 Å². The molecule has 0 saturated heterocycles. The molecule has 1 rings (SSSR count). The first-order chi connectivity index (χ1) is 5.72. The first-order valence-electron chi connectivity index (χ1n) is 5.22. The average molecular weight is 187 g/mol. The van der Waals surface area contributed by atoms with Crippen LogP contribution in [0.1, 0.15) is 46.0 Å². The summed E-state index contributed by atoms with van der Waals surface area (Å²) in [4.78, 5) is 0. The van der Waals surface area contributed by atoms with Gasteiger partial charge in [0, 0.05) is 6.54 Å². The standard InChI is InChI=1S/C10H22NP/c1-3-10(6-5-7-10)8-9-11(12)4-2/h3-9,12H2,1-2H3. The van der Waals surface area contributed by atoms with Crippen molar-refractivity contribution in [2.45, 2.75) is 46.0 Å². The van der Waals surface area contributed by atoms with E-state index < -0.39 is 0 Å². The summed E-state index contributed by atoms with van der Waals surface area (Å²) in [7, 11) is 2.81. The third kappa shape index (κ3) is 2.44. The van der Waals surface area contributed by atoms with E-state index in [1.807, 2.05) is 0 Å². The average Bonchev–Trinajstić information content (AvgIpc) is 2.03. The zero-order valence-corrected chi connectivity index (χ0v) is 9.63. The van der Waals surface area contributed by atoms with E-state index in [2.05, 4.69) is 27.9 Å². The zero-order chi connectivity index (χ0) is 9.03. The van der Waals surface area contributed by atoms with Gasteiger partial charge in [-0.15, -0.1) is 0 Å². The molecular weight excluding hydrogens is 165 g/mol. The van der Waals surface area contributed by atoms with Gasteiger partial charge in [0.15, 0.2) is 0 Å². The van der Waals surface area contributed by atoms with Crippen LogP contribution < -0.4 is 0 Å². The Bertz CT molecular complexity index is 126. The van der Waals surface area contributed by atoms with Crippen LogP contribution in [-0.4, -0.2) is 17.8 Å². The summed E-state index contributed by atoms with van der Waals surface area (Å²) in [5.41, 5.74) is 0.740. The number of rotatable bonds is 5. The second kappa shape index (κ2) is 4.58. The van der Waals surface area contributed by atoms with Crippen molar-refractivity contribution in [1.82, 2.24) is 4.67 Å². The van der Waals surface area contributed by atoms with Crippen LogP contribution in [0.2, 0.25) is 0 Å². The van der Waals surface area contributed by atoms with Gasteiger partial charge < -0.3 is 0 Å². The summed E-state index contributed by atoms with van der Waals surface area (Å²) in [5.74, 6) is 0. The van der Waals surface area contributed by atoms with E-state index in [1.54, 1.807) is 0 Å². The van der Waals surface area contributed by atoms with Crippen molar-refractivity contribution < 1.29 is 0 Å². The minimum Gasteiger partial charge on any atom is -0.288 e. The van der Waals surface area contributed by atoms with Crippen molar-refractivity contribution in [3.05, 3.63) is 0 Å². The highest BCUT2D eigenvalue weighted by Gasteiger charge is 2.34. The Balaban J connectivity index is 2.20. The molecule has 12 heavy (non-hydrogen) atoms. The Morgan fingerprint density at radius 3 is 2.33 bits per heavy atom. The molecule has 0 bridgehead atoms. The topological polar surface area (TPSA) is 3.24 Å². The van der Waals surface area contributed by atoms with Crippen LogP contribution in [0.15, 0.2) is 0 Å². The summed E-state index contributed by atoms with van der Waals surface area (Å²) in [6.07, 6.45) is 7.21. The lowest BCUT2D eigenvalue weighted by molar-refractivity contribution is 0.106. The lowest BCUT2D eigenvalue weighted by Gasteiger charge is -2.42. The van der Waals surface area contributed by atoms with E-state index in [0.29, 0.717) is 0 Å². The summed E-state index contributed by atoms with van der Waals surface area (Å²) in [6.45, 7) is 6.98. The first kappa shape index (κ1) is 10.5. The highest BCUT2D eigenvalue weighted by atomic mass is 31.0. The highest BCUT2D eigenvalue weighted by Crippen LogP contribution is 2.46. The molecular formula is C10H22NP. The molecule has 1 aliphatic rings. The predicted molar refractivity (Wildman–Crippen MR) is 58.1 cm³/mol. The maximum atomic E-state index is 2.81. The van der Waals surface area contributed by atoms with Gasteiger partial charge in [-0.2, -0.15) is 0 Å². The van der Waals surface area contributed by atoms with E-state index in [9.17, 15) is 0 Å². The summed E-state index contributed by atoms with van der Waals surface area (Å²) >= 11 is 0. The Labute approximate surface area is 79.2 Å². The molecule has 72 valence electrons. The van der Waals surface area contributed by atoms with Crippen molar-refractivity contribution >= 4 is 9.39 Å². The van der Waals surface area contributed by atoms with E-state index >= 15 is 0 Å². The molecule has 0 aromatic heterocycles. The van der Waals surface area contributed by atoms with Gasteiger partial charge in [0.25, 0.3) is 0 Å². The van der Waals surface area contributed by atoms with Crippen LogP contribution in [0, 0.1) is 5.41 Å². The van der Waals surface area contributed by atoms with Crippen molar-refractivity contribution in [2.24, 2.45) is 5.41 Å². The van der Waals surface area contributed by atoms with E-state index in [4.69, 9.17) is 0 Å². The van der Waals surface area contributed by atoms with Crippen LogP contribution in [0.5, 0.6) is 0 Å². The van der Waals surface area contributed by atoms with Gasteiger partial charge in [0.05, 0.1) is 0 Å². The third-order valence-corrected chi connectivity index (χ3v) is 4.12. The number of hydrogen-bond acceptors (Lipinski definition) is 1. The molecule has 0 aromatic carbocycles. The smallest absolute Gasteiger partial charge is 0.00213 e. The highest BCUT2D eigenvalue weighted by molar-refractivity contribution is 7.13. The molecule has 0 spiro atoms. The Hall–Kier alpha value is 0.390. The summed E-state index contributed by atoms with van der Waals surface area (Å²) in [6, 6.07) is 0. The van der Waals surface area contributed by atoms with Crippen molar-refractivity contribution in [3.8, 4) is 0 Å². The second-order valence-electron chi connectivity index (χ2n) is 4.09. The third-order valence-electron chi connectivity index (χ3n) is 3.50. The van der Waals surface area contributed by atoms with Crippen molar-refractivity contribution in [3.63, 3.8) is 0 Å². The normalized spacial score (nSPS) is 21.0. The minimum atomic E-state index is 0.740. The molecule has 1 unspecified atom stereocenters. The molecule has 0 amide bonds. The van der Waals surface area contributed by atoms with Gasteiger partial charge in [-0.25, -0.2) is 0 Å². The maximum Gasteiger partial charge on any atom is 0.00213 e. The summed E-state index contributed by atoms with van der Waals surface area (Å²) in [5, 5.41) is 0. The van der Waals surface area contributed by atoms with E-state index in [-0.39, 0.29) is 0 Å². The molecule has 2 heteroatoms. The molecule has 0 radical (unpaired) electrons. The maximum absolute atomic E-state index is 2.81. The first-order valence-corrected chi connectivity index (χ1v) is 5.74. The SMILES string of the molecule is CCN(P)CCC1(CC)CCC1. The van der Waals surface area contributed by atoms with E-state index in [0.717, 1.165) is 12.0 Å². The fraction of sp³-hybridized carbons (Fsp3) is 1.00. The van der Waals surface area contributed by atoms with Gasteiger partial charge in [0.2, 0.25) is 0 Å². The molecule has 0 heterocycles. The van der Waals surface area contributed by atoms with Crippen molar-refractivity contribution in [1.29, 1.82) is 0 Å². The second-order valence-corrected chi connectivity index (χ2v) is 4.82. The van der Waals surface area contributed by atoms with Gasteiger partial charge in [0.1, 0.15) is 0 Å². The monoisotopic (exact) mass is 187 g/mol. The largest absolute Gasteiger partial charge is 0.288 e. The van der Waals surface area contributed by atoms with Gasteiger partial charge in [-0.3, -0.25) is 4.67 Å². The van der Waals surface area contributed by atoms with Gasteiger partial charge in [-0.05, 0) is 31.2 Å². The number of hydrogen-bond donors (Lipinski definition) is 0. The van der Waals surface area contributed by atoms with Crippen LogP contribution in [-0.2, 0) is 0 Å². The fourth-order valence-electron chi connectivity index (χ4n) is 2.00. The Morgan fingerprint density at radius 2 is 2.00 bits per heavy atom. The summed E-state index contributed by atoms with van der Waals surface area (Å²) < 4.78 is 2.34. The molecule has 1 aliphatic carbocycles. The Kier molecular flexibility index (Phi) is 3.99. The molecule has 1 saturated carbocycles. The lowest BCUT2D eigenvalue weighted by Crippen LogP contribution is -2.31. The zero-order valence-electron chi connectivity index (χ0n) is 8.47. The molecule has 1 atom stereocenters. The predicted octanol–water partition coefficient (Wildman–Crippen LogP) is 3.07. The van der Waals surface area contributed by atoms with Crippen LogP contribution in [0.4, 0.5) is 0 Å². The quantitative estimate of drug-likeness (QED) is 0.598. The van der Waals surface area contributed by atoms with Crippen LogP contribution in [0.3, 0.4) is 0 Å². The van der Waals surface area contributed by atoms with Crippen LogP contribution >= 0.6 is 9.39 Å². The number of nitrogens with zero attached hydrogens (tertiary/aromatic N) is 1. The minimum absolute atomic E-state index is 0.740. The van der Waals surface area contributed by atoms with Gasteiger partial charge >= 0.3 is 0 Å². The van der Waals surface area contributed by atoms with Gasteiger partial charge in [-0.1, -0.05) is 36.1 Å². The molecule has 1 fully saturated rings.